The van der Waals surface area contributed by atoms with Gasteiger partial charge in [-0.25, -0.2) is 23.5 Å². The molecule has 3 rings (SSSR count). The Balaban J connectivity index is 1.70. The number of carboxylic acid groups (broad SMARTS) is 1. The van der Waals surface area contributed by atoms with Gasteiger partial charge in [0.1, 0.15) is 12.4 Å². The average molecular weight is 401 g/mol. The summed E-state index contributed by atoms with van der Waals surface area (Å²) in [4.78, 5) is 19.1. The molecule has 0 aliphatic carbocycles. The van der Waals surface area contributed by atoms with E-state index in [4.69, 9.17) is 14.6 Å². The maximum atomic E-state index is 14.3. The van der Waals surface area contributed by atoms with Gasteiger partial charge in [0.2, 0.25) is 5.95 Å². The molecule has 29 heavy (non-hydrogen) atoms. The van der Waals surface area contributed by atoms with Gasteiger partial charge < -0.3 is 19.9 Å². The molecule has 0 aliphatic heterocycles. The van der Waals surface area contributed by atoms with E-state index in [0.717, 1.165) is 0 Å². The monoisotopic (exact) mass is 401 g/mol. The van der Waals surface area contributed by atoms with E-state index in [-0.39, 0.29) is 40.7 Å². The van der Waals surface area contributed by atoms with Crippen molar-refractivity contribution in [3.05, 3.63) is 71.1 Å². The number of nitrogens with one attached hydrogen (secondary N) is 1. The summed E-state index contributed by atoms with van der Waals surface area (Å²) in [5, 5.41) is 11.9. The van der Waals surface area contributed by atoms with Crippen molar-refractivity contribution in [3.63, 3.8) is 0 Å². The number of hydrogen-bond donors (Lipinski definition) is 2. The molecule has 0 atom stereocenters. The lowest BCUT2D eigenvalue weighted by Crippen LogP contribution is -2.06. The summed E-state index contributed by atoms with van der Waals surface area (Å²) in [6, 6.07) is 7.42. The SMILES string of the molecule is COc1cc(C)c(F)c(COc2cnc(Nc3cccc(C(=O)O)c3)nc2)c1F. The van der Waals surface area contributed by atoms with Crippen LogP contribution in [0, 0.1) is 18.6 Å². The number of methoxy groups -OCH3 is 1. The first-order chi connectivity index (χ1) is 13.9. The highest BCUT2D eigenvalue weighted by molar-refractivity contribution is 5.88. The topological polar surface area (TPSA) is 93.6 Å². The quantitative estimate of drug-likeness (QED) is 0.616. The van der Waals surface area contributed by atoms with Crippen LogP contribution in [0.25, 0.3) is 0 Å². The van der Waals surface area contributed by atoms with Crippen LogP contribution in [0.4, 0.5) is 20.4 Å². The number of halogens is 2. The highest BCUT2D eigenvalue weighted by atomic mass is 19.1. The van der Waals surface area contributed by atoms with Crippen molar-refractivity contribution in [2.24, 2.45) is 0 Å². The molecule has 1 aromatic heterocycles. The molecule has 1 heterocycles. The molecule has 2 N–H and O–H groups in total. The smallest absolute Gasteiger partial charge is 0.335 e. The summed E-state index contributed by atoms with van der Waals surface area (Å²) in [5.41, 5.74) is 0.595. The van der Waals surface area contributed by atoms with Gasteiger partial charge in [-0.15, -0.1) is 0 Å². The summed E-state index contributed by atoms with van der Waals surface area (Å²) in [6.45, 7) is 1.14. The Hall–Kier alpha value is -3.75. The van der Waals surface area contributed by atoms with Crippen LogP contribution in [0.2, 0.25) is 0 Å². The molecule has 0 saturated heterocycles. The highest BCUT2D eigenvalue weighted by Gasteiger charge is 2.18. The zero-order chi connectivity index (χ0) is 21.0. The number of carbonyl (C=O) groups is 1. The van der Waals surface area contributed by atoms with Crippen LogP contribution in [0.3, 0.4) is 0 Å². The lowest BCUT2D eigenvalue weighted by Gasteiger charge is -2.12. The minimum Gasteiger partial charge on any atom is -0.494 e. The van der Waals surface area contributed by atoms with Crippen molar-refractivity contribution < 1.29 is 28.2 Å². The van der Waals surface area contributed by atoms with Gasteiger partial charge in [-0.2, -0.15) is 0 Å². The number of benzene rings is 2. The maximum absolute atomic E-state index is 14.3. The van der Waals surface area contributed by atoms with Crippen LogP contribution in [-0.2, 0) is 6.61 Å². The fourth-order valence-electron chi connectivity index (χ4n) is 2.55. The minimum absolute atomic E-state index is 0.0677. The molecule has 0 fully saturated rings. The van der Waals surface area contributed by atoms with Crippen molar-refractivity contribution >= 4 is 17.6 Å². The predicted octanol–water partition coefficient (Wildman–Crippen LogP) is 4.09. The maximum Gasteiger partial charge on any atom is 0.335 e. The third kappa shape index (κ3) is 4.57. The van der Waals surface area contributed by atoms with E-state index in [0.29, 0.717) is 5.69 Å². The van der Waals surface area contributed by atoms with Gasteiger partial charge in [0, 0.05) is 5.69 Å². The molecule has 7 nitrogen and oxygen atoms in total. The van der Waals surface area contributed by atoms with E-state index in [1.165, 1.54) is 44.6 Å². The molecule has 0 radical (unpaired) electrons. The first kappa shape index (κ1) is 20.0. The highest BCUT2D eigenvalue weighted by Crippen LogP contribution is 2.27. The average Bonchev–Trinajstić information content (AvgIpc) is 2.72. The molecule has 0 aliphatic rings. The minimum atomic E-state index is -1.05. The molecular weight excluding hydrogens is 384 g/mol. The van der Waals surface area contributed by atoms with Crippen LogP contribution < -0.4 is 14.8 Å². The number of rotatable bonds is 7. The molecule has 0 bridgehead atoms. The third-order valence-corrected chi connectivity index (χ3v) is 4.04. The molecule has 0 saturated carbocycles. The second-order valence-electron chi connectivity index (χ2n) is 6.04. The zero-order valence-corrected chi connectivity index (χ0v) is 15.6. The summed E-state index contributed by atoms with van der Waals surface area (Å²) < 4.78 is 38.8. The fraction of sp³-hybridized carbons (Fsp3) is 0.150. The normalized spacial score (nSPS) is 10.5. The van der Waals surface area contributed by atoms with Crippen molar-refractivity contribution in [1.29, 1.82) is 0 Å². The van der Waals surface area contributed by atoms with Crippen LogP contribution in [-0.4, -0.2) is 28.2 Å². The molecule has 0 unspecified atom stereocenters. The fourth-order valence-corrected chi connectivity index (χ4v) is 2.55. The molecule has 150 valence electrons. The van der Waals surface area contributed by atoms with Crippen molar-refractivity contribution in [2.45, 2.75) is 13.5 Å². The van der Waals surface area contributed by atoms with E-state index in [9.17, 15) is 13.6 Å². The van der Waals surface area contributed by atoms with Crippen LogP contribution in [0.5, 0.6) is 11.5 Å². The Morgan fingerprint density at radius 1 is 1.17 bits per heavy atom. The lowest BCUT2D eigenvalue weighted by atomic mass is 10.1. The number of hydrogen-bond acceptors (Lipinski definition) is 6. The number of aryl methyl sites for hydroxylation is 1. The molecule has 0 spiro atoms. The molecule has 3 aromatic rings. The summed E-state index contributed by atoms with van der Waals surface area (Å²) in [6.07, 6.45) is 2.67. The number of carboxylic acids is 1. The summed E-state index contributed by atoms with van der Waals surface area (Å²) in [5.74, 6) is -2.25. The summed E-state index contributed by atoms with van der Waals surface area (Å²) in [7, 11) is 1.30. The van der Waals surface area contributed by atoms with Gasteiger partial charge in [-0.05, 0) is 36.8 Å². The number of aromatic nitrogens is 2. The Labute approximate surface area is 165 Å². The van der Waals surface area contributed by atoms with E-state index in [1.807, 2.05) is 0 Å². The second kappa shape index (κ2) is 8.51. The molecule has 9 heteroatoms. The Bertz CT molecular complexity index is 1040. The zero-order valence-electron chi connectivity index (χ0n) is 15.6. The second-order valence-corrected chi connectivity index (χ2v) is 6.04. The van der Waals surface area contributed by atoms with Crippen LogP contribution in [0.1, 0.15) is 21.5 Å². The van der Waals surface area contributed by atoms with Crippen molar-refractivity contribution in [2.75, 3.05) is 12.4 Å². The van der Waals surface area contributed by atoms with Gasteiger partial charge in [-0.3, -0.25) is 0 Å². The Morgan fingerprint density at radius 3 is 2.55 bits per heavy atom. The van der Waals surface area contributed by atoms with Crippen LogP contribution in [0.15, 0.2) is 42.7 Å². The Morgan fingerprint density at radius 2 is 1.90 bits per heavy atom. The lowest BCUT2D eigenvalue weighted by molar-refractivity contribution is 0.0697. The number of anilines is 2. The van der Waals surface area contributed by atoms with Gasteiger partial charge in [0.05, 0.1) is 30.6 Å². The largest absolute Gasteiger partial charge is 0.494 e. The number of aromatic carboxylic acids is 1. The number of nitrogens with zero attached hydrogens (tertiary/aromatic N) is 2. The van der Waals surface area contributed by atoms with Gasteiger partial charge in [0.15, 0.2) is 17.3 Å². The van der Waals surface area contributed by atoms with Crippen LogP contribution >= 0.6 is 0 Å². The van der Waals surface area contributed by atoms with Gasteiger partial charge >= 0.3 is 5.97 Å². The Kier molecular flexibility index (Phi) is 5.87. The first-order valence-corrected chi connectivity index (χ1v) is 8.45. The van der Waals surface area contributed by atoms with Gasteiger partial charge in [0.25, 0.3) is 0 Å². The molecule has 0 amide bonds. The first-order valence-electron chi connectivity index (χ1n) is 8.45. The van der Waals surface area contributed by atoms with Crippen molar-refractivity contribution in [3.8, 4) is 11.5 Å². The van der Waals surface area contributed by atoms with E-state index < -0.39 is 17.6 Å². The van der Waals surface area contributed by atoms with Crippen molar-refractivity contribution in [1.82, 2.24) is 9.97 Å². The molecule has 2 aromatic carbocycles. The number of ether oxygens (including phenoxy) is 2. The predicted molar refractivity (Wildman–Crippen MR) is 101 cm³/mol. The van der Waals surface area contributed by atoms with E-state index in [1.54, 1.807) is 12.1 Å². The third-order valence-electron chi connectivity index (χ3n) is 4.04. The summed E-state index contributed by atoms with van der Waals surface area (Å²) >= 11 is 0. The van der Waals surface area contributed by atoms with E-state index in [2.05, 4.69) is 15.3 Å². The molecular formula is C20H17F2N3O4. The van der Waals surface area contributed by atoms with Gasteiger partial charge in [-0.1, -0.05) is 6.07 Å². The van der Waals surface area contributed by atoms with E-state index >= 15 is 0 Å². The standard InChI is InChI=1S/C20H17F2N3O4/c1-11-6-16(28-2)18(22)15(17(11)21)10-29-14-8-23-20(24-9-14)25-13-5-3-4-12(7-13)19(26)27/h3-9H,10H2,1-2H3,(H,26,27)(H,23,24,25).